The molecule has 0 bridgehead atoms. The van der Waals surface area contributed by atoms with Crippen LogP contribution < -0.4 is 5.73 Å². The molecule has 0 radical (unpaired) electrons. The van der Waals surface area contributed by atoms with Crippen molar-refractivity contribution in [3.05, 3.63) is 35.4 Å². The molecule has 1 aromatic carbocycles. The molecule has 0 aliphatic heterocycles. The van der Waals surface area contributed by atoms with E-state index in [2.05, 4.69) is 0 Å². The van der Waals surface area contributed by atoms with Gasteiger partial charge in [0.05, 0.1) is 0 Å². The summed E-state index contributed by atoms with van der Waals surface area (Å²) < 4.78 is 0. The summed E-state index contributed by atoms with van der Waals surface area (Å²) >= 11 is 0. The number of hydrogen-bond acceptors (Lipinski definition) is 3. The molecule has 0 fully saturated rings. The third-order valence-electron chi connectivity index (χ3n) is 3.26. The monoisotopic (exact) mass is 277 g/mol. The Bertz CT molecular complexity index is 426. The zero-order valence-corrected chi connectivity index (χ0v) is 11.8. The van der Waals surface area contributed by atoms with Gasteiger partial charge >= 0.3 is 5.97 Å². The fourth-order valence-corrected chi connectivity index (χ4v) is 2.04. The molecule has 1 aromatic rings. The smallest absolute Gasteiger partial charge is 0.303 e. The Labute approximate surface area is 120 Å². The van der Waals surface area contributed by atoms with E-state index >= 15 is 0 Å². The van der Waals surface area contributed by atoms with E-state index in [0.29, 0.717) is 24.9 Å². The van der Waals surface area contributed by atoms with Gasteiger partial charge in [-0.1, -0.05) is 37.1 Å². The second kappa shape index (κ2) is 9.26. The molecule has 1 rings (SSSR count). The molecule has 0 aromatic heterocycles. The van der Waals surface area contributed by atoms with E-state index in [4.69, 9.17) is 10.8 Å². The molecule has 0 amide bonds. The van der Waals surface area contributed by atoms with Crippen molar-refractivity contribution in [2.24, 2.45) is 5.73 Å². The number of benzene rings is 1. The molecule has 0 heterocycles. The van der Waals surface area contributed by atoms with Crippen molar-refractivity contribution in [1.82, 2.24) is 0 Å². The lowest BCUT2D eigenvalue weighted by Crippen LogP contribution is -2.01. The topological polar surface area (TPSA) is 80.4 Å². The quantitative estimate of drug-likeness (QED) is 0.509. The molecular formula is C16H23NO3. The molecule has 0 saturated heterocycles. The zero-order valence-electron chi connectivity index (χ0n) is 11.8. The molecule has 0 unspecified atom stereocenters. The van der Waals surface area contributed by atoms with Crippen LogP contribution in [0.2, 0.25) is 0 Å². The Balaban J connectivity index is 2.35. The molecule has 0 aliphatic carbocycles. The lowest BCUT2D eigenvalue weighted by atomic mass is 10.0. The summed E-state index contributed by atoms with van der Waals surface area (Å²) in [6.45, 7) is 0.714. The van der Waals surface area contributed by atoms with Crippen LogP contribution >= 0.6 is 0 Å². The van der Waals surface area contributed by atoms with E-state index in [-0.39, 0.29) is 12.2 Å². The summed E-state index contributed by atoms with van der Waals surface area (Å²) in [4.78, 5) is 22.4. The first-order valence-corrected chi connectivity index (χ1v) is 7.17. The minimum absolute atomic E-state index is 0.119. The van der Waals surface area contributed by atoms with E-state index in [9.17, 15) is 9.59 Å². The van der Waals surface area contributed by atoms with Crippen molar-refractivity contribution in [2.45, 2.75) is 44.9 Å². The van der Waals surface area contributed by atoms with Crippen molar-refractivity contribution in [2.75, 3.05) is 6.54 Å². The molecule has 20 heavy (non-hydrogen) atoms. The van der Waals surface area contributed by atoms with Gasteiger partial charge in [0.25, 0.3) is 0 Å². The maximum Gasteiger partial charge on any atom is 0.303 e. The largest absolute Gasteiger partial charge is 0.481 e. The summed E-state index contributed by atoms with van der Waals surface area (Å²) in [5, 5.41) is 8.61. The van der Waals surface area contributed by atoms with E-state index in [0.717, 1.165) is 31.2 Å². The van der Waals surface area contributed by atoms with Crippen molar-refractivity contribution in [3.8, 4) is 0 Å². The molecular weight excluding hydrogens is 254 g/mol. The first-order valence-electron chi connectivity index (χ1n) is 7.17. The fraction of sp³-hybridized carbons (Fsp3) is 0.500. The predicted molar refractivity (Wildman–Crippen MR) is 78.9 cm³/mol. The second-order valence-electron chi connectivity index (χ2n) is 4.97. The van der Waals surface area contributed by atoms with Crippen molar-refractivity contribution in [3.63, 3.8) is 0 Å². The van der Waals surface area contributed by atoms with Crippen molar-refractivity contribution >= 4 is 11.8 Å². The van der Waals surface area contributed by atoms with Gasteiger partial charge < -0.3 is 10.8 Å². The van der Waals surface area contributed by atoms with Gasteiger partial charge in [-0.25, -0.2) is 0 Å². The molecule has 4 heteroatoms. The number of carbonyl (C=O) groups excluding carboxylic acids is 1. The van der Waals surface area contributed by atoms with E-state index in [1.54, 1.807) is 12.1 Å². The number of carbonyl (C=O) groups is 2. The average molecular weight is 277 g/mol. The highest BCUT2D eigenvalue weighted by atomic mass is 16.4. The Morgan fingerprint density at radius 2 is 1.60 bits per heavy atom. The number of aliphatic carboxylic acids is 1. The van der Waals surface area contributed by atoms with Crippen LogP contribution in [0, 0.1) is 0 Å². The lowest BCUT2D eigenvalue weighted by molar-refractivity contribution is -0.136. The SMILES string of the molecule is NCCCCCCC(=O)c1ccc(CCC(=O)O)cc1. The molecule has 0 spiro atoms. The lowest BCUT2D eigenvalue weighted by Gasteiger charge is -2.03. The molecule has 0 atom stereocenters. The summed E-state index contributed by atoms with van der Waals surface area (Å²) in [5.41, 5.74) is 7.08. The number of aryl methyl sites for hydroxylation is 1. The standard InChI is InChI=1S/C16H23NO3/c17-12-4-2-1-3-5-15(18)14-9-6-13(7-10-14)8-11-16(19)20/h6-7,9-10H,1-5,8,11-12,17H2,(H,19,20). The number of ketones is 1. The highest BCUT2D eigenvalue weighted by Crippen LogP contribution is 2.11. The van der Waals surface area contributed by atoms with Crippen LogP contribution in [-0.4, -0.2) is 23.4 Å². The summed E-state index contributed by atoms with van der Waals surface area (Å²) in [6.07, 6.45) is 5.24. The molecule has 0 aliphatic rings. The van der Waals surface area contributed by atoms with Crippen LogP contribution in [0.25, 0.3) is 0 Å². The van der Waals surface area contributed by atoms with Gasteiger partial charge in [-0.15, -0.1) is 0 Å². The van der Waals surface area contributed by atoms with E-state index in [1.807, 2.05) is 12.1 Å². The van der Waals surface area contributed by atoms with Crippen LogP contribution in [0.3, 0.4) is 0 Å². The Hall–Kier alpha value is -1.68. The number of carboxylic acid groups (broad SMARTS) is 1. The third kappa shape index (κ3) is 6.48. The number of nitrogens with two attached hydrogens (primary N) is 1. The summed E-state index contributed by atoms with van der Waals surface area (Å²) in [5.74, 6) is -0.648. The zero-order chi connectivity index (χ0) is 14.8. The fourth-order valence-electron chi connectivity index (χ4n) is 2.04. The van der Waals surface area contributed by atoms with Crippen molar-refractivity contribution in [1.29, 1.82) is 0 Å². The van der Waals surface area contributed by atoms with Crippen molar-refractivity contribution < 1.29 is 14.7 Å². The Kier molecular flexibility index (Phi) is 7.58. The number of carboxylic acids is 1. The molecule has 110 valence electrons. The maximum absolute atomic E-state index is 11.9. The normalized spacial score (nSPS) is 10.4. The molecule has 0 saturated carbocycles. The van der Waals surface area contributed by atoms with Crippen LogP contribution in [0.4, 0.5) is 0 Å². The first-order chi connectivity index (χ1) is 9.63. The van der Waals surface area contributed by atoms with Gasteiger partial charge in [0.2, 0.25) is 0 Å². The summed E-state index contributed by atoms with van der Waals surface area (Å²) in [6, 6.07) is 7.26. The highest BCUT2D eigenvalue weighted by molar-refractivity contribution is 5.96. The minimum Gasteiger partial charge on any atom is -0.481 e. The van der Waals surface area contributed by atoms with Crippen LogP contribution in [0.1, 0.15) is 54.4 Å². The highest BCUT2D eigenvalue weighted by Gasteiger charge is 2.06. The number of unbranched alkanes of at least 4 members (excludes halogenated alkanes) is 3. The van der Waals surface area contributed by atoms with Gasteiger partial charge in [0.15, 0.2) is 5.78 Å². The number of rotatable bonds is 10. The van der Waals surface area contributed by atoms with Gasteiger partial charge in [-0.3, -0.25) is 9.59 Å². The second-order valence-corrected chi connectivity index (χ2v) is 4.97. The van der Waals surface area contributed by atoms with Gasteiger partial charge in [0.1, 0.15) is 0 Å². The van der Waals surface area contributed by atoms with Crippen LogP contribution in [0.15, 0.2) is 24.3 Å². The van der Waals surface area contributed by atoms with Gasteiger partial charge in [-0.05, 0) is 31.4 Å². The predicted octanol–water partition coefficient (Wildman–Crippen LogP) is 2.80. The molecule has 4 nitrogen and oxygen atoms in total. The maximum atomic E-state index is 11.9. The van der Waals surface area contributed by atoms with Crippen LogP contribution in [0.5, 0.6) is 0 Å². The Morgan fingerprint density at radius 1 is 0.950 bits per heavy atom. The van der Waals surface area contributed by atoms with E-state index in [1.165, 1.54) is 0 Å². The van der Waals surface area contributed by atoms with E-state index < -0.39 is 5.97 Å². The first kappa shape index (κ1) is 16.4. The third-order valence-corrected chi connectivity index (χ3v) is 3.26. The number of hydrogen-bond donors (Lipinski definition) is 2. The van der Waals surface area contributed by atoms with Crippen LogP contribution in [-0.2, 0) is 11.2 Å². The summed E-state index contributed by atoms with van der Waals surface area (Å²) in [7, 11) is 0. The number of Topliss-reactive ketones (excluding diaryl/α,β-unsaturated/α-hetero) is 1. The average Bonchev–Trinajstić information content (AvgIpc) is 2.45. The molecule has 3 N–H and O–H groups in total. The minimum atomic E-state index is -0.803. The Morgan fingerprint density at radius 3 is 2.20 bits per heavy atom. The van der Waals surface area contributed by atoms with Gasteiger partial charge in [0, 0.05) is 18.4 Å². The van der Waals surface area contributed by atoms with Gasteiger partial charge in [-0.2, -0.15) is 0 Å².